The van der Waals surface area contributed by atoms with Gasteiger partial charge in [-0.25, -0.2) is 4.79 Å². The molecule has 0 aliphatic rings. The molecule has 3 N–H and O–H groups in total. The average molecular weight is 294 g/mol. The van der Waals surface area contributed by atoms with Crippen LogP contribution in [0.3, 0.4) is 0 Å². The Morgan fingerprint density at radius 1 is 1.33 bits per heavy atom. The number of amides is 3. The van der Waals surface area contributed by atoms with Gasteiger partial charge in [-0.05, 0) is 51.0 Å². The normalized spacial score (nSPS) is 13.2. The molecule has 21 heavy (non-hydrogen) atoms. The molecule has 1 aromatic carbocycles. The summed E-state index contributed by atoms with van der Waals surface area (Å²) in [5.41, 5.74) is 1.59. The van der Waals surface area contributed by atoms with Gasteiger partial charge in [0.1, 0.15) is 5.75 Å². The lowest BCUT2D eigenvalue weighted by molar-refractivity contribution is -0.126. The number of benzene rings is 1. The van der Waals surface area contributed by atoms with E-state index in [1.807, 2.05) is 6.92 Å². The zero-order valence-electron chi connectivity index (χ0n) is 12.8. The van der Waals surface area contributed by atoms with Crippen LogP contribution in [-0.2, 0) is 4.79 Å². The van der Waals surface area contributed by atoms with Crippen molar-refractivity contribution in [2.45, 2.75) is 39.9 Å². The Labute approximate surface area is 124 Å². The molecule has 0 saturated heterocycles. The Balaban J connectivity index is 2.68. The van der Waals surface area contributed by atoms with E-state index in [0.29, 0.717) is 12.3 Å². The molecule has 6 heteroatoms. The van der Waals surface area contributed by atoms with Gasteiger partial charge in [0.15, 0.2) is 6.10 Å². The van der Waals surface area contributed by atoms with Crippen molar-refractivity contribution in [3.05, 3.63) is 29.3 Å². The van der Waals surface area contributed by atoms with Crippen LogP contribution in [0.4, 0.5) is 4.79 Å². The number of aryl methyl sites for hydroxylation is 1. The minimum absolute atomic E-state index is 0.439. The number of rotatable bonds is 5. The van der Waals surface area contributed by atoms with Crippen LogP contribution in [0, 0.1) is 6.92 Å². The zero-order chi connectivity index (χ0) is 16.0. The minimum Gasteiger partial charge on any atom is -0.481 e. The van der Waals surface area contributed by atoms with Crippen LogP contribution >= 0.6 is 0 Å². The molecule has 0 heterocycles. The molecule has 0 aromatic heterocycles. The van der Waals surface area contributed by atoms with Gasteiger partial charge in [-0.3, -0.25) is 10.1 Å². The smallest absolute Gasteiger partial charge is 0.321 e. The topological polar surface area (TPSA) is 87.7 Å². The van der Waals surface area contributed by atoms with Gasteiger partial charge in [0.25, 0.3) is 5.91 Å². The van der Waals surface area contributed by atoms with Crippen molar-refractivity contribution in [2.75, 3.05) is 6.54 Å². The van der Waals surface area contributed by atoms with Crippen LogP contribution in [0.2, 0.25) is 0 Å². The fraction of sp³-hybridized carbons (Fsp3) is 0.467. The highest BCUT2D eigenvalue weighted by Crippen LogP contribution is 2.23. The van der Waals surface area contributed by atoms with E-state index < -0.39 is 24.1 Å². The number of imide groups is 1. The number of nitrogens with one attached hydrogen (secondary N) is 2. The molecule has 0 fully saturated rings. The summed E-state index contributed by atoms with van der Waals surface area (Å²) in [7, 11) is 0. The average Bonchev–Trinajstić information content (AvgIpc) is 2.40. The maximum Gasteiger partial charge on any atom is 0.321 e. The molecule has 6 nitrogen and oxygen atoms in total. The van der Waals surface area contributed by atoms with Gasteiger partial charge in [0, 0.05) is 6.54 Å². The van der Waals surface area contributed by atoms with Crippen LogP contribution in [0.15, 0.2) is 18.2 Å². The summed E-state index contributed by atoms with van der Waals surface area (Å²) in [6, 6.07) is 4.70. The van der Waals surface area contributed by atoms with E-state index in [1.165, 1.54) is 0 Å². The Morgan fingerprint density at radius 3 is 2.52 bits per heavy atom. The Bertz CT molecular complexity index is 514. The standard InChI is InChI=1S/C15H22N2O4/c1-5-16-15(20)17-14(19)11(4)21-13-7-6-12(10(3)18)8-9(13)2/h6-8,10-11,18H,5H2,1-4H3,(H2,16,17,19,20)/t10-,11?/m1/s1. The first-order valence-electron chi connectivity index (χ1n) is 6.89. The van der Waals surface area contributed by atoms with Crippen LogP contribution in [0.5, 0.6) is 5.75 Å². The third kappa shape index (κ3) is 5.07. The molecule has 3 amide bonds. The molecular formula is C15H22N2O4. The number of urea groups is 1. The van der Waals surface area contributed by atoms with Gasteiger partial charge in [-0.1, -0.05) is 6.07 Å². The predicted octanol–water partition coefficient (Wildman–Crippen LogP) is 1.66. The van der Waals surface area contributed by atoms with E-state index in [0.717, 1.165) is 11.1 Å². The molecule has 0 aliphatic carbocycles. The third-order valence-electron chi connectivity index (χ3n) is 2.93. The number of aliphatic hydroxyl groups excluding tert-OH is 1. The highest BCUT2D eigenvalue weighted by molar-refractivity contribution is 5.96. The van der Waals surface area contributed by atoms with Crippen LogP contribution in [0.25, 0.3) is 0 Å². The second-order valence-corrected chi connectivity index (χ2v) is 4.81. The van der Waals surface area contributed by atoms with E-state index >= 15 is 0 Å². The first-order valence-corrected chi connectivity index (χ1v) is 6.89. The fourth-order valence-corrected chi connectivity index (χ4v) is 1.73. The van der Waals surface area contributed by atoms with Gasteiger partial charge < -0.3 is 15.2 Å². The highest BCUT2D eigenvalue weighted by atomic mass is 16.5. The lowest BCUT2D eigenvalue weighted by Crippen LogP contribution is -2.45. The summed E-state index contributed by atoms with van der Waals surface area (Å²) < 4.78 is 5.55. The summed E-state index contributed by atoms with van der Waals surface area (Å²) in [6.07, 6.45) is -1.36. The van der Waals surface area contributed by atoms with E-state index in [1.54, 1.807) is 39.0 Å². The van der Waals surface area contributed by atoms with Gasteiger partial charge >= 0.3 is 6.03 Å². The molecule has 0 aliphatic heterocycles. The van der Waals surface area contributed by atoms with Crippen molar-refractivity contribution < 1.29 is 19.4 Å². The van der Waals surface area contributed by atoms with Crippen molar-refractivity contribution >= 4 is 11.9 Å². The first-order chi connectivity index (χ1) is 9.85. The summed E-state index contributed by atoms with van der Waals surface area (Å²) in [6.45, 7) is 7.27. The van der Waals surface area contributed by atoms with Gasteiger partial charge in [-0.2, -0.15) is 0 Å². The summed E-state index contributed by atoms with van der Waals surface area (Å²) in [4.78, 5) is 23.1. The van der Waals surface area contributed by atoms with Crippen molar-refractivity contribution in [3.63, 3.8) is 0 Å². The largest absolute Gasteiger partial charge is 0.481 e. The first kappa shape index (κ1) is 17.0. The number of hydrogen-bond acceptors (Lipinski definition) is 4. The summed E-state index contributed by atoms with van der Waals surface area (Å²) in [5, 5.41) is 14.2. The lowest BCUT2D eigenvalue weighted by atomic mass is 10.1. The number of carbonyl (C=O) groups is 2. The van der Waals surface area contributed by atoms with Gasteiger partial charge in [0.2, 0.25) is 0 Å². The SMILES string of the molecule is CCNC(=O)NC(=O)C(C)Oc1ccc([C@@H](C)O)cc1C. The predicted molar refractivity (Wildman–Crippen MR) is 79.1 cm³/mol. The van der Waals surface area contributed by atoms with Gasteiger partial charge in [0.05, 0.1) is 6.10 Å². The fourth-order valence-electron chi connectivity index (χ4n) is 1.73. The van der Waals surface area contributed by atoms with Crippen molar-refractivity contribution in [1.29, 1.82) is 0 Å². The third-order valence-corrected chi connectivity index (χ3v) is 2.93. The molecular weight excluding hydrogens is 272 g/mol. The lowest BCUT2D eigenvalue weighted by Gasteiger charge is -2.17. The van der Waals surface area contributed by atoms with E-state index in [4.69, 9.17) is 4.74 Å². The van der Waals surface area contributed by atoms with E-state index in [-0.39, 0.29) is 0 Å². The molecule has 1 rings (SSSR count). The number of aliphatic hydroxyl groups is 1. The Morgan fingerprint density at radius 2 is 2.00 bits per heavy atom. The number of carbonyl (C=O) groups excluding carboxylic acids is 2. The van der Waals surface area contributed by atoms with Crippen LogP contribution in [0.1, 0.15) is 38.0 Å². The molecule has 0 saturated carbocycles. The second-order valence-electron chi connectivity index (χ2n) is 4.81. The molecule has 0 spiro atoms. The Hall–Kier alpha value is -2.08. The number of ether oxygens (including phenoxy) is 1. The molecule has 1 unspecified atom stereocenters. The summed E-state index contributed by atoms with van der Waals surface area (Å²) in [5.74, 6) is 0.0258. The zero-order valence-corrected chi connectivity index (χ0v) is 12.8. The minimum atomic E-state index is -0.802. The maximum absolute atomic E-state index is 11.8. The van der Waals surface area contributed by atoms with Crippen molar-refractivity contribution in [1.82, 2.24) is 10.6 Å². The quantitative estimate of drug-likeness (QED) is 0.770. The van der Waals surface area contributed by atoms with E-state index in [9.17, 15) is 14.7 Å². The molecule has 2 atom stereocenters. The van der Waals surface area contributed by atoms with E-state index in [2.05, 4.69) is 10.6 Å². The van der Waals surface area contributed by atoms with Crippen molar-refractivity contribution in [2.24, 2.45) is 0 Å². The molecule has 116 valence electrons. The second kappa shape index (κ2) is 7.64. The molecule has 0 radical (unpaired) electrons. The maximum atomic E-state index is 11.8. The number of hydrogen-bond donors (Lipinski definition) is 3. The highest BCUT2D eigenvalue weighted by Gasteiger charge is 2.18. The van der Waals surface area contributed by atoms with Crippen LogP contribution < -0.4 is 15.4 Å². The monoisotopic (exact) mass is 294 g/mol. The van der Waals surface area contributed by atoms with Crippen molar-refractivity contribution in [3.8, 4) is 5.75 Å². The van der Waals surface area contributed by atoms with Gasteiger partial charge in [-0.15, -0.1) is 0 Å². The Kier molecular flexibility index (Phi) is 6.17. The summed E-state index contributed by atoms with van der Waals surface area (Å²) >= 11 is 0. The molecule has 1 aromatic rings. The van der Waals surface area contributed by atoms with Crippen LogP contribution in [-0.4, -0.2) is 29.7 Å². The molecule has 0 bridgehead atoms.